The quantitative estimate of drug-likeness (QED) is 0.273. The molecule has 2 amide bonds. The number of anilines is 1. The minimum Gasteiger partial charge on any atom is -0.497 e. The van der Waals surface area contributed by atoms with Crippen molar-refractivity contribution in [1.82, 2.24) is 10.2 Å². The summed E-state index contributed by atoms with van der Waals surface area (Å²) >= 11 is 0. The summed E-state index contributed by atoms with van der Waals surface area (Å²) in [6.07, 6.45) is 1.94. The van der Waals surface area contributed by atoms with Crippen LogP contribution in [0.4, 0.5) is 14.5 Å². The molecule has 3 aromatic carbocycles. The number of sulfonamides is 1. The van der Waals surface area contributed by atoms with Gasteiger partial charge in [0, 0.05) is 38.5 Å². The van der Waals surface area contributed by atoms with E-state index in [1.807, 2.05) is 43.3 Å². The van der Waals surface area contributed by atoms with E-state index >= 15 is 0 Å². The molecule has 0 aliphatic heterocycles. The first kappa shape index (κ1) is 32.5. The van der Waals surface area contributed by atoms with Crippen molar-refractivity contribution in [2.24, 2.45) is 0 Å². The van der Waals surface area contributed by atoms with Crippen molar-refractivity contribution in [1.29, 1.82) is 0 Å². The van der Waals surface area contributed by atoms with Crippen LogP contribution in [0.1, 0.15) is 37.3 Å². The lowest BCUT2D eigenvalue weighted by Gasteiger charge is -2.32. The van der Waals surface area contributed by atoms with Gasteiger partial charge in [0.1, 0.15) is 11.8 Å². The maximum Gasteiger partial charge on any atom is 0.243 e. The van der Waals surface area contributed by atoms with Crippen molar-refractivity contribution in [3.05, 3.63) is 95.6 Å². The van der Waals surface area contributed by atoms with Gasteiger partial charge in [0.25, 0.3) is 0 Å². The van der Waals surface area contributed by atoms with Crippen LogP contribution in [0.5, 0.6) is 5.75 Å². The molecule has 0 heterocycles. The molecule has 11 heteroatoms. The fraction of sp³-hybridized carbons (Fsp3) is 0.355. The normalized spacial score (nSPS) is 11.9. The molecule has 0 spiro atoms. The number of hydrogen-bond donors (Lipinski definition) is 1. The van der Waals surface area contributed by atoms with Crippen LogP contribution < -0.4 is 14.4 Å². The highest BCUT2D eigenvalue weighted by atomic mass is 32.2. The van der Waals surface area contributed by atoms with Crippen molar-refractivity contribution in [3.8, 4) is 5.75 Å². The van der Waals surface area contributed by atoms with Crippen LogP contribution in [0.2, 0.25) is 0 Å². The first-order valence-corrected chi connectivity index (χ1v) is 15.5. The van der Waals surface area contributed by atoms with Gasteiger partial charge >= 0.3 is 0 Å². The van der Waals surface area contributed by atoms with E-state index in [2.05, 4.69) is 5.32 Å². The third kappa shape index (κ3) is 9.27. The summed E-state index contributed by atoms with van der Waals surface area (Å²) in [7, 11) is -2.32. The minimum atomic E-state index is -3.86. The Morgan fingerprint density at radius 2 is 1.67 bits per heavy atom. The van der Waals surface area contributed by atoms with Gasteiger partial charge in [-0.1, -0.05) is 49.4 Å². The Labute approximate surface area is 246 Å². The summed E-state index contributed by atoms with van der Waals surface area (Å²) in [5.41, 5.74) is 1.58. The number of methoxy groups -OCH3 is 1. The number of nitrogens with one attached hydrogen (secondary N) is 1. The smallest absolute Gasteiger partial charge is 0.243 e. The van der Waals surface area contributed by atoms with Crippen molar-refractivity contribution in [2.75, 3.05) is 30.8 Å². The number of hydrogen-bond acceptors (Lipinski definition) is 5. The van der Waals surface area contributed by atoms with Gasteiger partial charge in [0.05, 0.1) is 19.1 Å². The monoisotopic (exact) mass is 601 g/mol. The molecule has 0 saturated heterocycles. The van der Waals surface area contributed by atoms with Crippen LogP contribution in [-0.4, -0.2) is 57.6 Å². The third-order valence-electron chi connectivity index (χ3n) is 6.65. The van der Waals surface area contributed by atoms with Crippen LogP contribution in [0.3, 0.4) is 0 Å². The number of rotatable bonds is 15. The molecule has 8 nitrogen and oxygen atoms in total. The van der Waals surface area contributed by atoms with Gasteiger partial charge in [-0.25, -0.2) is 17.2 Å². The van der Waals surface area contributed by atoms with Crippen LogP contribution in [-0.2, 0) is 32.6 Å². The van der Waals surface area contributed by atoms with Crippen molar-refractivity contribution in [2.45, 2.75) is 45.2 Å². The fourth-order valence-electron chi connectivity index (χ4n) is 4.53. The second-order valence-electron chi connectivity index (χ2n) is 9.91. The second kappa shape index (κ2) is 15.3. The molecule has 0 fully saturated rings. The highest BCUT2D eigenvalue weighted by Gasteiger charge is 2.30. The summed E-state index contributed by atoms with van der Waals surface area (Å²) in [4.78, 5) is 28.8. The molecular formula is C31H37F2N3O5S. The number of benzene rings is 3. The lowest BCUT2D eigenvalue weighted by Crippen LogP contribution is -2.50. The van der Waals surface area contributed by atoms with Crippen LogP contribution in [0, 0.1) is 11.6 Å². The van der Waals surface area contributed by atoms with E-state index in [0.717, 1.165) is 40.2 Å². The standard InChI is InChI=1S/C31H37F2N3O5S/c1-4-17-34-31(38)29(20-23-10-6-5-7-11-23)35(22-24-12-8-13-26(19-24)41-2)30(37)14-9-18-36(42(3,39)40)25-15-16-27(32)28(33)21-25/h5-8,10-13,15-16,19,21,29H,4,9,14,17-18,20,22H2,1-3H3,(H,34,38)/t29-/m0/s1. The maximum absolute atomic E-state index is 13.9. The largest absolute Gasteiger partial charge is 0.497 e. The molecule has 0 unspecified atom stereocenters. The molecule has 0 aliphatic carbocycles. The zero-order chi connectivity index (χ0) is 30.7. The summed E-state index contributed by atoms with van der Waals surface area (Å²) in [5, 5.41) is 2.91. The Kier molecular flexibility index (Phi) is 11.8. The summed E-state index contributed by atoms with van der Waals surface area (Å²) in [6.45, 7) is 2.36. The number of amides is 2. The van der Waals surface area contributed by atoms with Gasteiger partial charge in [0.2, 0.25) is 21.8 Å². The highest BCUT2D eigenvalue weighted by molar-refractivity contribution is 7.92. The van der Waals surface area contributed by atoms with E-state index in [0.29, 0.717) is 12.3 Å². The number of carbonyl (C=O) groups excluding carboxylic acids is 2. The Hall–Kier alpha value is -3.99. The van der Waals surface area contributed by atoms with E-state index in [1.54, 1.807) is 25.3 Å². The molecule has 0 aliphatic rings. The number of carbonyl (C=O) groups is 2. The van der Waals surface area contributed by atoms with Crippen molar-refractivity contribution >= 4 is 27.5 Å². The van der Waals surface area contributed by atoms with Gasteiger partial charge in [-0.15, -0.1) is 0 Å². The molecule has 1 atom stereocenters. The molecule has 1 N–H and O–H groups in total. The van der Waals surface area contributed by atoms with E-state index < -0.39 is 27.7 Å². The molecule has 3 rings (SSSR count). The van der Waals surface area contributed by atoms with Crippen molar-refractivity contribution in [3.63, 3.8) is 0 Å². The summed E-state index contributed by atoms with van der Waals surface area (Å²) in [6, 6.07) is 18.6. The molecule has 0 bridgehead atoms. The molecular weight excluding hydrogens is 564 g/mol. The van der Waals surface area contributed by atoms with Crippen LogP contribution >= 0.6 is 0 Å². The SMILES string of the molecule is CCCNC(=O)[C@H](Cc1ccccc1)N(Cc1cccc(OC)c1)C(=O)CCCN(c1ccc(F)c(F)c1)S(C)(=O)=O. The molecule has 226 valence electrons. The van der Waals surface area contributed by atoms with E-state index in [-0.39, 0.29) is 49.9 Å². The highest BCUT2D eigenvalue weighted by Crippen LogP contribution is 2.23. The molecule has 0 saturated carbocycles. The van der Waals surface area contributed by atoms with Gasteiger partial charge in [-0.05, 0) is 48.2 Å². The number of halogens is 2. The predicted molar refractivity (Wildman–Crippen MR) is 159 cm³/mol. The second-order valence-corrected chi connectivity index (χ2v) is 11.8. The fourth-order valence-corrected chi connectivity index (χ4v) is 5.49. The lowest BCUT2D eigenvalue weighted by molar-refractivity contribution is -0.141. The molecule has 42 heavy (non-hydrogen) atoms. The first-order valence-electron chi connectivity index (χ1n) is 13.7. The summed E-state index contributed by atoms with van der Waals surface area (Å²) in [5.74, 6) is -2.32. The van der Waals surface area contributed by atoms with Gasteiger partial charge < -0.3 is 15.0 Å². The van der Waals surface area contributed by atoms with Gasteiger partial charge in [0.15, 0.2) is 11.6 Å². The Morgan fingerprint density at radius 1 is 0.952 bits per heavy atom. The van der Waals surface area contributed by atoms with E-state index in [4.69, 9.17) is 4.74 Å². The maximum atomic E-state index is 13.9. The number of nitrogens with zero attached hydrogens (tertiary/aromatic N) is 2. The zero-order valence-corrected chi connectivity index (χ0v) is 24.9. The molecule has 3 aromatic rings. The lowest BCUT2D eigenvalue weighted by atomic mass is 10.0. The van der Waals surface area contributed by atoms with Crippen LogP contribution in [0.15, 0.2) is 72.8 Å². The molecule has 0 radical (unpaired) electrons. The minimum absolute atomic E-state index is 0.0435. The third-order valence-corrected chi connectivity index (χ3v) is 7.84. The Morgan fingerprint density at radius 3 is 2.31 bits per heavy atom. The van der Waals surface area contributed by atoms with E-state index in [9.17, 15) is 26.8 Å². The summed E-state index contributed by atoms with van der Waals surface area (Å²) < 4.78 is 58.6. The van der Waals surface area contributed by atoms with E-state index in [1.165, 1.54) is 11.0 Å². The first-order chi connectivity index (χ1) is 20.0. The predicted octanol–water partition coefficient (Wildman–Crippen LogP) is 4.69. The molecule has 0 aromatic heterocycles. The topological polar surface area (TPSA) is 96.0 Å². The Balaban J connectivity index is 1.89. The number of ether oxygens (including phenoxy) is 1. The van der Waals surface area contributed by atoms with Crippen molar-refractivity contribution < 1.29 is 31.5 Å². The Bertz CT molecular complexity index is 1450. The average molecular weight is 602 g/mol. The van der Waals surface area contributed by atoms with Crippen LogP contribution in [0.25, 0.3) is 0 Å². The van der Waals surface area contributed by atoms with Gasteiger partial charge in [-0.2, -0.15) is 0 Å². The van der Waals surface area contributed by atoms with Gasteiger partial charge in [-0.3, -0.25) is 13.9 Å². The zero-order valence-electron chi connectivity index (χ0n) is 24.1. The average Bonchev–Trinajstić information content (AvgIpc) is 2.97.